The van der Waals surface area contributed by atoms with Crippen LogP contribution < -0.4 is 5.32 Å². The van der Waals surface area contributed by atoms with Crippen LogP contribution in [0.4, 0.5) is 0 Å². The molecule has 2 rings (SSSR count). The van der Waals surface area contributed by atoms with E-state index in [-0.39, 0.29) is 0 Å². The summed E-state index contributed by atoms with van der Waals surface area (Å²) >= 11 is 3.51. The van der Waals surface area contributed by atoms with Gasteiger partial charge in [-0.2, -0.15) is 0 Å². The first-order chi connectivity index (χ1) is 11.6. The summed E-state index contributed by atoms with van der Waals surface area (Å²) in [7, 11) is 5.92. The summed E-state index contributed by atoms with van der Waals surface area (Å²) in [5, 5.41) is 3.39. The molecule has 6 nitrogen and oxygen atoms in total. The molecule has 24 heavy (non-hydrogen) atoms. The van der Waals surface area contributed by atoms with Crippen molar-refractivity contribution in [2.24, 2.45) is 18.0 Å². The van der Waals surface area contributed by atoms with Crippen LogP contribution in [0.1, 0.15) is 18.5 Å². The summed E-state index contributed by atoms with van der Waals surface area (Å²) in [6.45, 7) is 4.99. The number of aromatic nitrogens is 1. The van der Waals surface area contributed by atoms with Crippen LogP contribution >= 0.6 is 15.9 Å². The van der Waals surface area contributed by atoms with Crippen LogP contribution in [0.25, 0.3) is 0 Å². The molecular weight excluding hydrogens is 372 g/mol. The minimum Gasteiger partial charge on any atom is -0.381 e. The SMILES string of the molecule is CN=C(NCCCOCC1CCOC1)N(C)Cc1cc(Br)cn1C. The number of nitrogens with one attached hydrogen (secondary N) is 1. The van der Waals surface area contributed by atoms with Gasteiger partial charge in [0.15, 0.2) is 5.96 Å². The Morgan fingerprint density at radius 1 is 1.58 bits per heavy atom. The van der Waals surface area contributed by atoms with Crippen LogP contribution in [0.15, 0.2) is 21.7 Å². The molecule has 1 saturated heterocycles. The third kappa shape index (κ3) is 6.11. The Kier molecular flexibility index (Phi) is 8.08. The molecule has 1 fully saturated rings. The molecule has 2 heterocycles. The summed E-state index contributed by atoms with van der Waals surface area (Å²) in [5.41, 5.74) is 1.23. The Morgan fingerprint density at radius 3 is 3.04 bits per heavy atom. The number of halogens is 1. The number of hydrogen-bond acceptors (Lipinski definition) is 3. The Balaban J connectivity index is 1.63. The standard InChI is InChI=1S/C17H29BrN4O2/c1-19-17(22(3)11-16-9-15(18)10-21(16)2)20-6-4-7-23-12-14-5-8-24-13-14/h9-10,14H,4-8,11-13H2,1-3H3,(H,19,20). The van der Waals surface area contributed by atoms with Crippen molar-refractivity contribution >= 4 is 21.9 Å². The van der Waals surface area contributed by atoms with Gasteiger partial charge in [-0.15, -0.1) is 0 Å². The van der Waals surface area contributed by atoms with Gasteiger partial charge in [0.05, 0.1) is 19.8 Å². The first-order valence-electron chi connectivity index (χ1n) is 8.48. The number of aryl methyl sites for hydroxylation is 1. The van der Waals surface area contributed by atoms with Crippen LogP contribution in [0.3, 0.4) is 0 Å². The molecule has 1 aliphatic heterocycles. The summed E-state index contributed by atoms with van der Waals surface area (Å²) in [6.07, 6.45) is 4.16. The molecule has 0 bridgehead atoms. The maximum Gasteiger partial charge on any atom is 0.193 e. The Hall–Kier alpha value is -1.05. The number of nitrogens with zero attached hydrogens (tertiary/aromatic N) is 3. The van der Waals surface area contributed by atoms with Crippen molar-refractivity contribution in [3.8, 4) is 0 Å². The van der Waals surface area contributed by atoms with E-state index in [2.05, 4.69) is 55.0 Å². The van der Waals surface area contributed by atoms with Crippen LogP contribution in [-0.4, -0.2) is 62.5 Å². The Bertz CT molecular complexity index is 527. The molecule has 0 spiro atoms. The summed E-state index contributed by atoms with van der Waals surface area (Å²) in [5.74, 6) is 1.48. The highest BCUT2D eigenvalue weighted by Crippen LogP contribution is 2.15. The molecular formula is C17H29BrN4O2. The molecule has 0 radical (unpaired) electrons. The zero-order valence-electron chi connectivity index (χ0n) is 14.9. The van der Waals surface area contributed by atoms with Gasteiger partial charge >= 0.3 is 0 Å². The number of guanidine groups is 1. The van der Waals surface area contributed by atoms with E-state index < -0.39 is 0 Å². The molecule has 0 aliphatic carbocycles. The van der Waals surface area contributed by atoms with E-state index in [4.69, 9.17) is 9.47 Å². The Morgan fingerprint density at radius 2 is 2.42 bits per heavy atom. The average Bonchev–Trinajstić information content (AvgIpc) is 3.16. The van der Waals surface area contributed by atoms with E-state index in [1.807, 2.05) is 14.1 Å². The highest BCUT2D eigenvalue weighted by molar-refractivity contribution is 9.10. The largest absolute Gasteiger partial charge is 0.381 e. The van der Waals surface area contributed by atoms with Crippen LogP contribution in [0, 0.1) is 5.92 Å². The fraction of sp³-hybridized carbons (Fsp3) is 0.706. The number of rotatable bonds is 8. The lowest BCUT2D eigenvalue weighted by atomic mass is 10.1. The molecule has 7 heteroatoms. The van der Waals surface area contributed by atoms with Gasteiger partial charge in [-0.1, -0.05) is 0 Å². The number of ether oxygens (including phenoxy) is 2. The first-order valence-corrected chi connectivity index (χ1v) is 9.27. The quantitative estimate of drug-likeness (QED) is 0.413. The third-order valence-corrected chi connectivity index (χ3v) is 4.61. The monoisotopic (exact) mass is 400 g/mol. The van der Waals surface area contributed by atoms with Crippen molar-refractivity contribution in [1.29, 1.82) is 0 Å². The Labute approximate surface area is 153 Å². The maximum atomic E-state index is 5.73. The van der Waals surface area contributed by atoms with Gasteiger partial charge in [0.25, 0.3) is 0 Å². The molecule has 1 aliphatic rings. The van der Waals surface area contributed by atoms with E-state index in [0.29, 0.717) is 5.92 Å². The normalized spacial score (nSPS) is 18.2. The molecule has 136 valence electrons. The highest BCUT2D eigenvalue weighted by atomic mass is 79.9. The van der Waals surface area contributed by atoms with Gasteiger partial charge in [0.1, 0.15) is 0 Å². The molecule has 0 aromatic carbocycles. The first kappa shape index (κ1) is 19.3. The van der Waals surface area contributed by atoms with E-state index in [1.165, 1.54) is 5.69 Å². The van der Waals surface area contributed by atoms with Crippen LogP contribution in [0.2, 0.25) is 0 Å². The highest BCUT2D eigenvalue weighted by Gasteiger charge is 2.15. The molecule has 1 unspecified atom stereocenters. The second kappa shape index (κ2) is 10.1. The van der Waals surface area contributed by atoms with E-state index >= 15 is 0 Å². The van der Waals surface area contributed by atoms with E-state index in [9.17, 15) is 0 Å². The van der Waals surface area contributed by atoms with E-state index in [1.54, 1.807) is 0 Å². The van der Waals surface area contributed by atoms with Crippen molar-refractivity contribution in [1.82, 2.24) is 14.8 Å². The van der Waals surface area contributed by atoms with Gasteiger partial charge in [-0.25, -0.2) is 0 Å². The minimum absolute atomic E-state index is 0.585. The fourth-order valence-electron chi connectivity index (χ4n) is 2.77. The summed E-state index contributed by atoms with van der Waals surface area (Å²) in [6, 6.07) is 2.13. The number of aliphatic imine (C=N–C) groups is 1. The van der Waals surface area contributed by atoms with Crippen molar-refractivity contribution in [3.63, 3.8) is 0 Å². The molecule has 1 aromatic heterocycles. The molecule has 1 aromatic rings. The second-order valence-corrected chi connectivity index (χ2v) is 7.16. The maximum absolute atomic E-state index is 5.73. The van der Waals surface area contributed by atoms with Crippen LogP contribution in [-0.2, 0) is 23.1 Å². The molecule has 1 N–H and O–H groups in total. The smallest absolute Gasteiger partial charge is 0.193 e. The zero-order valence-corrected chi connectivity index (χ0v) is 16.5. The number of hydrogen-bond donors (Lipinski definition) is 1. The molecule has 0 amide bonds. The molecule has 1 atom stereocenters. The van der Waals surface area contributed by atoms with Crippen molar-refractivity contribution in [2.75, 3.05) is 47.1 Å². The zero-order chi connectivity index (χ0) is 17.4. The lowest BCUT2D eigenvalue weighted by Crippen LogP contribution is -2.39. The lowest BCUT2D eigenvalue weighted by Gasteiger charge is -2.22. The van der Waals surface area contributed by atoms with E-state index in [0.717, 1.165) is 62.8 Å². The van der Waals surface area contributed by atoms with Gasteiger partial charge < -0.3 is 24.3 Å². The predicted molar refractivity (Wildman–Crippen MR) is 100 cm³/mol. The third-order valence-electron chi connectivity index (χ3n) is 4.17. The average molecular weight is 401 g/mol. The lowest BCUT2D eigenvalue weighted by molar-refractivity contribution is 0.0887. The van der Waals surface area contributed by atoms with Crippen molar-refractivity contribution in [3.05, 3.63) is 22.4 Å². The van der Waals surface area contributed by atoms with Gasteiger partial charge in [0, 0.05) is 63.2 Å². The fourth-order valence-corrected chi connectivity index (χ4v) is 3.34. The summed E-state index contributed by atoms with van der Waals surface area (Å²) < 4.78 is 14.3. The van der Waals surface area contributed by atoms with Gasteiger partial charge in [-0.05, 0) is 34.8 Å². The van der Waals surface area contributed by atoms with Crippen molar-refractivity contribution < 1.29 is 9.47 Å². The minimum atomic E-state index is 0.585. The van der Waals surface area contributed by atoms with Crippen molar-refractivity contribution in [2.45, 2.75) is 19.4 Å². The predicted octanol–water partition coefficient (Wildman–Crippen LogP) is 2.24. The topological polar surface area (TPSA) is 51.0 Å². The van der Waals surface area contributed by atoms with Gasteiger partial charge in [-0.3, -0.25) is 4.99 Å². The van der Waals surface area contributed by atoms with Gasteiger partial charge in [0.2, 0.25) is 0 Å². The van der Waals surface area contributed by atoms with Crippen LogP contribution in [0.5, 0.6) is 0 Å². The molecule has 0 saturated carbocycles. The second-order valence-electron chi connectivity index (χ2n) is 6.25. The summed E-state index contributed by atoms with van der Waals surface area (Å²) in [4.78, 5) is 6.48.